The molecule has 2 heterocycles. The van der Waals surface area contributed by atoms with E-state index >= 15 is 0 Å². The van der Waals surface area contributed by atoms with Crippen molar-refractivity contribution < 1.29 is 9.53 Å². The molecule has 2 N–H and O–H groups in total. The van der Waals surface area contributed by atoms with Gasteiger partial charge in [-0.15, -0.1) is 5.10 Å². The van der Waals surface area contributed by atoms with Crippen molar-refractivity contribution in [3.8, 4) is 5.75 Å². The molecule has 1 aliphatic rings. The Kier molecular flexibility index (Phi) is 7.63. The number of carbonyl (C=O) groups is 1. The molecule has 34 heavy (non-hydrogen) atoms. The Morgan fingerprint density at radius 1 is 1.24 bits per heavy atom. The fraction of sp³-hybridized carbons (Fsp3) is 0.320. The van der Waals surface area contributed by atoms with Crippen molar-refractivity contribution in [2.75, 3.05) is 23.0 Å². The summed E-state index contributed by atoms with van der Waals surface area (Å²) in [7, 11) is 0. The van der Waals surface area contributed by atoms with Gasteiger partial charge in [-0.25, -0.2) is 4.68 Å². The van der Waals surface area contributed by atoms with Crippen molar-refractivity contribution in [1.82, 2.24) is 14.8 Å². The van der Waals surface area contributed by atoms with Crippen molar-refractivity contribution in [2.45, 2.75) is 45.3 Å². The number of hydrogen-bond donors (Lipinski definition) is 2. The Morgan fingerprint density at radius 2 is 2.06 bits per heavy atom. The largest absolute Gasteiger partial charge is 0.494 e. The van der Waals surface area contributed by atoms with Crippen LogP contribution in [0.15, 0.2) is 63.4 Å². The fourth-order valence-corrected chi connectivity index (χ4v) is 4.97. The summed E-state index contributed by atoms with van der Waals surface area (Å²) >= 11 is 5.19. The molecule has 178 valence electrons. The Morgan fingerprint density at radius 3 is 2.79 bits per heavy atom. The van der Waals surface area contributed by atoms with E-state index in [1.54, 1.807) is 16.4 Å². The fourth-order valence-electron chi connectivity index (χ4n) is 3.91. The van der Waals surface area contributed by atoms with Crippen molar-refractivity contribution in [2.24, 2.45) is 0 Å². The van der Waals surface area contributed by atoms with E-state index in [-0.39, 0.29) is 5.91 Å². The predicted octanol–water partition coefficient (Wildman–Crippen LogP) is 6.18. The second-order valence-corrected chi connectivity index (χ2v) is 9.99. The lowest BCUT2D eigenvalue weighted by Gasteiger charge is -2.29. The molecule has 0 spiro atoms. The Labute approximate surface area is 212 Å². The molecule has 0 radical (unpaired) electrons. The summed E-state index contributed by atoms with van der Waals surface area (Å²) < 4.78 is 8.65. The molecule has 0 saturated carbocycles. The van der Waals surface area contributed by atoms with E-state index in [2.05, 4.69) is 38.5 Å². The number of fused-ring (bicyclic) bond motifs is 1. The third kappa shape index (κ3) is 5.15. The SMILES string of the molecule is CCCSc1nc2n(n1)C(c1cc(Br)ccc1OCC)C(C(=O)Nc1cccc(C)c1)=C(C)N2. The number of thioether (sulfide) groups is 1. The van der Waals surface area contributed by atoms with Gasteiger partial charge >= 0.3 is 0 Å². The summed E-state index contributed by atoms with van der Waals surface area (Å²) in [4.78, 5) is 18.4. The number of nitrogens with one attached hydrogen (secondary N) is 2. The van der Waals surface area contributed by atoms with E-state index in [9.17, 15) is 4.79 Å². The first-order chi connectivity index (χ1) is 16.4. The van der Waals surface area contributed by atoms with Crippen LogP contribution in [-0.2, 0) is 4.79 Å². The molecule has 3 aromatic rings. The van der Waals surface area contributed by atoms with Crippen LogP contribution in [0.1, 0.15) is 44.4 Å². The number of benzene rings is 2. The second-order valence-electron chi connectivity index (χ2n) is 8.02. The molecule has 0 aliphatic carbocycles. The number of hydrogen-bond acceptors (Lipinski definition) is 6. The van der Waals surface area contributed by atoms with Gasteiger partial charge in [-0.1, -0.05) is 46.7 Å². The highest BCUT2D eigenvalue weighted by molar-refractivity contribution is 9.10. The van der Waals surface area contributed by atoms with Gasteiger partial charge in [-0.05, 0) is 63.1 Å². The first-order valence-electron chi connectivity index (χ1n) is 11.3. The van der Waals surface area contributed by atoms with Crippen LogP contribution in [0.3, 0.4) is 0 Å². The Hall–Kier alpha value is -2.78. The minimum absolute atomic E-state index is 0.202. The molecule has 1 amide bonds. The summed E-state index contributed by atoms with van der Waals surface area (Å²) in [5.74, 6) is 2.03. The summed E-state index contributed by atoms with van der Waals surface area (Å²) in [6.45, 7) is 8.47. The average molecular weight is 543 g/mol. The molecule has 1 aromatic heterocycles. The van der Waals surface area contributed by atoms with E-state index in [4.69, 9.17) is 9.84 Å². The lowest BCUT2D eigenvalue weighted by atomic mass is 9.94. The van der Waals surface area contributed by atoms with Crippen molar-refractivity contribution in [3.63, 3.8) is 0 Å². The van der Waals surface area contributed by atoms with E-state index in [0.717, 1.165) is 39.2 Å². The number of carbonyl (C=O) groups excluding carboxylic acids is 1. The number of rotatable bonds is 8. The maximum Gasteiger partial charge on any atom is 0.255 e. The van der Waals surface area contributed by atoms with Gasteiger partial charge < -0.3 is 15.4 Å². The number of aryl methyl sites for hydroxylation is 1. The van der Waals surface area contributed by atoms with Crippen molar-refractivity contribution in [1.29, 1.82) is 0 Å². The van der Waals surface area contributed by atoms with Crippen LogP contribution in [0.2, 0.25) is 0 Å². The first kappa shape index (κ1) is 24.3. The van der Waals surface area contributed by atoms with Crippen molar-refractivity contribution in [3.05, 3.63) is 69.3 Å². The maximum absolute atomic E-state index is 13.7. The van der Waals surface area contributed by atoms with E-state index in [1.165, 1.54) is 0 Å². The molecule has 0 saturated heterocycles. The van der Waals surface area contributed by atoms with E-state index in [1.807, 2.05) is 63.2 Å². The van der Waals surface area contributed by atoms with Crippen molar-refractivity contribution >= 4 is 45.2 Å². The zero-order valence-corrected chi connectivity index (χ0v) is 22.1. The molecule has 7 nitrogen and oxygen atoms in total. The molecule has 2 aromatic carbocycles. The van der Waals surface area contributed by atoms with Gasteiger partial charge in [0, 0.05) is 27.2 Å². The molecule has 1 atom stereocenters. The second kappa shape index (κ2) is 10.7. The Balaban J connectivity index is 1.83. The first-order valence-corrected chi connectivity index (χ1v) is 13.1. The van der Waals surface area contributed by atoms with Crippen LogP contribution >= 0.6 is 27.7 Å². The summed E-state index contributed by atoms with van der Waals surface area (Å²) in [5, 5.41) is 11.8. The van der Waals surface area contributed by atoms with Crippen LogP contribution in [0.25, 0.3) is 0 Å². The van der Waals surface area contributed by atoms with Gasteiger partial charge in [0.15, 0.2) is 0 Å². The molecule has 4 rings (SSSR count). The lowest BCUT2D eigenvalue weighted by Crippen LogP contribution is -2.31. The van der Waals surface area contributed by atoms with Crippen LogP contribution in [0, 0.1) is 6.92 Å². The summed E-state index contributed by atoms with van der Waals surface area (Å²) in [6, 6.07) is 13.1. The van der Waals surface area contributed by atoms with Crippen LogP contribution in [0.5, 0.6) is 5.75 Å². The third-order valence-corrected chi connectivity index (χ3v) is 6.89. The minimum Gasteiger partial charge on any atom is -0.494 e. The number of anilines is 2. The van der Waals surface area contributed by atoms with E-state index in [0.29, 0.717) is 29.0 Å². The molecule has 0 bridgehead atoms. The highest BCUT2D eigenvalue weighted by Gasteiger charge is 2.36. The smallest absolute Gasteiger partial charge is 0.255 e. The molecule has 1 unspecified atom stereocenters. The molecular weight excluding hydrogens is 514 g/mol. The normalized spacial score (nSPS) is 15.0. The Bertz CT molecular complexity index is 1240. The predicted molar refractivity (Wildman–Crippen MR) is 141 cm³/mol. The maximum atomic E-state index is 13.7. The van der Waals surface area contributed by atoms with Gasteiger partial charge in [0.2, 0.25) is 11.1 Å². The van der Waals surface area contributed by atoms with Crippen LogP contribution in [0.4, 0.5) is 11.6 Å². The van der Waals surface area contributed by atoms with Gasteiger partial charge in [-0.3, -0.25) is 4.79 Å². The van der Waals surface area contributed by atoms with Gasteiger partial charge in [-0.2, -0.15) is 4.98 Å². The minimum atomic E-state index is -0.511. The standard InChI is InChI=1S/C25H28BrN5O2S/c1-5-12-34-25-29-24-27-16(4)21(23(32)28-18-9-7-8-15(3)13-18)22(31(24)30-25)19-14-17(26)10-11-20(19)33-6-2/h7-11,13-14,22H,5-6,12H2,1-4H3,(H,28,32)(H,27,29,30). The molecule has 1 aliphatic heterocycles. The monoisotopic (exact) mass is 541 g/mol. The number of amides is 1. The number of ether oxygens (including phenoxy) is 1. The number of aromatic nitrogens is 3. The molecule has 0 fully saturated rings. The number of allylic oxidation sites excluding steroid dienone is 1. The molecular formula is C25H28BrN5O2S. The number of nitrogens with zero attached hydrogens (tertiary/aromatic N) is 3. The van der Waals surface area contributed by atoms with E-state index < -0.39 is 6.04 Å². The lowest BCUT2D eigenvalue weighted by molar-refractivity contribution is -0.113. The zero-order chi connectivity index (χ0) is 24.2. The quantitative estimate of drug-likeness (QED) is 0.331. The number of halogens is 1. The zero-order valence-electron chi connectivity index (χ0n) is 19.7. The van der Waals surface area contributed by atoms with Gasteiger partial charge in [0.05, 0.1) is 12.2 Å². The summed E-state index contributed by atoms with van der Waals surface area (Å²) in [5.41, 5.74) is 3.94. The summed E-state index contributed by atoms with van der Waals surface area (Å²) in [6.07, 6.45) is 1.02. The topological polar surface area (TPSA) is 81.1 Å². The molecule has 9 heteroatoms. The highest BCUT2D eigenvalue weighted by Crippen LogP contribution is 2.41. The van der Waals surface area contributed by atoms with Crippen LogP contribution < -0.4 is 15.4 Å². The average Bonchev–Trinajstić information content (AvgIpc) is 3.20. The third-order valence-electron chi connectivity index (χ3n) is 5.36. The highest BCUT2D eigenvalue weighted by atomic mass is 79.9. The van der Waals surface area contributed by atoms with Gasteiger partial charge in [0.25, 0.3) is 5.91 Å². The van der Waals surface area contributed by atoms with Gasteiger partial charge in [0.1, 0.15) is 11.8 Å². The van der Waals surface area contributed by atoms with Crippen LogP contribution in [-0.4, -0.2) is 33.0 Å².